The molecule has 0 fully saturated rings. The topological polar surface area (TPSA) is 27.1 Å². The van der Waals surface area contributed by atoms with Crippen molar-refractivity contribution in [3.63, 3.8) is 0 Å². The van der Waals surface area contributed by atoms with Crippen LogP contribution in [-0.2, 0) is 0 Å². The van der Waals surface area contributed by atoms with Crippen LogP contribution >= 0.6 is 15.9 Å². The highest BCUT2D eigenvalue weighted by molar-refractivity contribution is 9.11. The Balaban J connectivity index is 2.09. The second kappa shape index (κ2) is 5.51. The molecule has 0 atom stereocenters. The first-order chi connectivity index (χ1) is 9.81. The van der Waals surface area contributed by atoms with Crippen LogP contribution in [0.5, 0.6) is 5.75 Å². The highest BCUT2D eigenvalue weighted by atomic mass is 79.9. The van der Waals surface area contributed by atoms with E-state index in [-0.39, 0.29) is 0 Å². The lowest BCUT2D eigenvalue weighted by Crippen LogP contribution is -1.95. The van der Waals surface area contributed by atoms with Gasteiger partial charge in [-0.1, -0.05) is 34.1 Å². The molecule has 0 bridgehead atoms. The third-order valence-corrected chi connectivity index (χ3v) is 3.66. The molecule has 4 heteroatoms. The maximum atomic E-state index is 5.25. The smallest absolute Gasteiger partial charge is 0.119 e. The van der Waals surface area contributed by atoms with Crippen LogP contribution in [0, 0.1) is 0 Å². The van der Waals surface area contributed by atoms with Crippen molar-refractivity contribution in [2.75, 3.05) is 7.11 Å². The summed E-state index contributed by atoms with van der Waals surface area (Å²) in [6.07, 6.45) is 5.47. The van der Waals surface area contributed by atoms with E-state index in [2.05, 4.69) is 45.2 Å². The Hall–Kier alpha value is -2.07. The molecular weight excluding hydrogens is 316 g/mol. The van der Waals surface area contributed by atoms with E-state index in [9.17, 15) is 0 Å². The van der Waals surface area contributed by atoms with E-state index < -0.39 is 0 Å². The van der Waals surface area contributed by atoms with Crippen LogP contribution in [0.1, 0.15) is 5.56 Å². The molecule has 3 aromatic rings. The minimum atomic E-state index is 0.871. The predicted octanol–water partition coefficient (Wildman–Crippen LogP) is 4.29. The first-order valence-corrected chi connectivity index (χ1v) is 7.10. The Morgan fingerprint density at radius 1 is 1.20 bits per heavy atom. The number of hydrogen-bond donors (Lipinski definition) is 0. The predicted molar refractivity (Wildman–Crippen MR) is 85.0 cm³/mol. The average molecular weight is 329 g/mol. The van der Waals surface area contributed by atoms with E-state index in [1.807, 2.05) is 27.9 Å². The number of fused-ring (bicyclic) bond motifs is 1. The Labute approximate surface area is 125 Å². The molecule has 0 aliphatic rings. The number of imidazole rings is 1. The van der Waals surface area contributed by atoms with E-state index in [0.29, 0.717) is 0 Å². The first-order valence-electron chi connectivity index (χ1n) is 6.19. The Kier molecular flexibility index (Phi) is 3.56. The lowest BCUT2D eigenvalue weighted by atomic mass is 10.1. The van der Waals surface area contributed by atoms with E-state index in [1.165, 1.54) is 5.39 Å². The summed E-state index contributed by atoms with van der Waals surface area (Å²) >= 11 is 3.43. The van der Waals surface area contributed by atoms with E-state index in [4.69, 9.17) is 4.74 Å². The molecule has 100 valence electrons. The van der Waals surface area contributed by atoms with E-state index >= 15 is 0 Å². The zero-order chi connectivity index (χ0) is 13.9. The molecular formula is C16H13BrN2O. The maximum absolute atomic E-state index is 5.25. The molecule has 0 radical (unpaired) electrons. The summed E-state index contributed by atoms with van der Waals surface area (Å²) in [5, 5.41) is 2.34. The minimum Gasteiger partial charge on any atom is -0.497 e. The van der Waals surface area contributed by atoms with Gasteiger partial charge in [0.25, 0.3) is 0 Å². The van der Waals surface area contributed by atoms with Crippen molar-refractivity contribution in [1.82, 2.24) is 9.55 Å². The molecule has 2 aromatic carbocycles. The minimum absolute atomic E-state index is 0.871. The standard InChI is InChI=1S/C16H13BrN2O/c1-20-15-5-4-12-8-14(3-2-13(12)9-15)16(10-17)19-7-6-18-11-19/h2-11H,1H3/b16-10-. The molecule has 1 heterocycles. The molecule has 20 heavy (non-hydrogen) atoms. The summed E-state index contributed by atoms with van der Waals surface area (Å²) in [4.78, 5) is 5.99. The van der Waals surface area contributed by atoms with Gasteiger partial charge in [0, 0.05) is 17.4 Å². The molecule has 0 N–H and O–H groups in total. The average Bonchev–Trinajstić information content (AvgIpc) is 3.01. The molecule has 0 amide bonds. The molecule has 0 aliphatic carbocycles. The number of benzene rings is 2. The van der Waals surface area contributed by atoms with Gasteiger partial charge in [0.2, 0.25) is 0 Å². The van der Waals surface area contributed by atoms with Crippen LogP contribution in [0.2, 0.25) is 0 Å². The van der Waals surface area contributed by atoms with Gasteiger partial charge in [-0.05, 0) is 34.5 Å². The summed E-state index contributed by atoms with van der Waals surface area (Å²) in [6, 6.07) is 12.4. The van der Waals surface area contributed by atoms with E-state index in [1.54, 1.807) is 19.6 Å². The van der Waals surface area contributed by atoms with Gasteiger partial charge in [-0.3, -0.25) is 0 Å². The fraction of sp³-hybridized carbons (Fsp3) is 0.0625. The highest BCUT2D eigenvalue weighted by Gasteiger charge is 2.05. The van der Waals surface area contributed by atoms with Crippen molar-refractivity contribution in [2.24, 2.45) is 0 Å². The summed E-state index contributed by atoms with van der Waals surface area (Å²) in [6.45, 7) is 0. The first kappa shape index (κ1) is 12.9. The number of nitrogens with zero attached hydrogens (tertiary/aromatic N) is 2. The number of methoxy groups -OCH3 is 1. The lowest BCUT2D eigenvalue weighted by Gasteiger charge is -2.09. The second-order valence-corrected chi connectivity index (χ2v) is 4.85. The quantitative estimate of drug-likeness (QED) is 0.717. The van der Waals surface area contributed by atoms with Crippen LogP contribution in [0.3, 0.4) is 0 Å². The second-order valence-electron chi connectivity index (χ2n) is 4.39. The number of hydrogen-bond acceptors (Lipinski definition) is 2. The van der Waals surface area contributed by atoms with Gasteiger partial charge in [0.05, 0.1) is 19.1 Å². The molecule has 0 spiro atoms. The molecule has 0 saturated heterocycles. The molecule has 0 unspecified atom stereocenters. The van der Waals surface area contributed by atoms with Gasteiger partial charge in [0.15, 0.2) is 0 Å². The number of rotatable bonds is 3. The van der Waals surface area contributed by atoms with Crippen LogP contribution in [0.4, 0.5) is 0 Å². The monoisotopic (exact) mass is 328 g/mol. The van der Waals surface area contributed by atoms with Gasteiger partial charge < -0.3 is 9.30 Å². The fourth-order valence-corrected chi connectivity index (χ4v) is 2.68. The maximum Gasteiger partial charge on any atom is 0.119 e. The highest BCUT2D eigenvalue weighted by Crippen LogP contribution is 2.26. The largest absolute Gasteiger partial charge is 0.497 e. The van der Waals surface area contributed by atoms with Crippen molar-refractivity contribution in [2.45, 2.75) is 0 Å². The molecule has 3 rings (SSSR count). The molecule has 1 aromatic heterocycles. The molecule has 0 saturated carbocycles. The third kappa shape index (κ3) is 2.34. The van der Waals surface area contributed by atoms with Gasteiger partial charge in [0.1, 0.15) is 5.75 Å². The van der Waals surface area contributed by atoms with Crippen LogP contribution in [0.15, 0.2) is 60.1 Å². The number of ether oxygens (including phenoxy) is 1. The summed E-state index contributed by atoms with van der Waals surface area (Å²) in [5.74, 6) is 0.871. The van der Waals surface area contributed by atoms with Crippen molar-refractivity contribution >= 4 is 32.4 Å². The molecule has 0 aliphatic heterocycles. The van der Waals surface area contributed by atoms with Gasteiger partial charge >= 0.3 is 0 Å². The summed E-state index contributed by atoms with van der Waals surface area (Å²) in [7, 11) is 1.68. The Morgan fingerprint density at radius 2 is 2.00 bits per heavy atom. The zero-order valence-electron chi connectivity index (χ0n) is 11.0. The van der Waals surface area contributed by atoms with Crippen LogP contribution in [-0.4, -0.2) is 16.7 Å². The van der Waals surface area contributed by atoms with E-state index in [0.717, 1.165) is 22.4 Å². The van der Waals surface area contributed by atoms with Gasteiger partial charge in [-0.15, -0.1) is 0 Å². The van der Waals surface area contributed by atoms with Crippen molar-refractivity contribution in [1.29, 1.82) is 0 Å². The number of aromatic nitrogens is 2. The van der Waals surface area contributed by atoms with Crippen LogP contribution in [0.25, 0.3) is 16.5 Å². The number of halogens is 1. The lowest BCUT2D eigenvalue weighted by molar-refractivity contribution is 0.415. The van der Waals surface area contributed by atoms with Gasteiger partial charge in [-0.2, -0.15) is 0 Å². The normalized spacial score (nSPS) is 11.8. The SMILES string of the molecule is COc1ccc2cc(/C(=C/Br)n3ccnc3)ccc2c1. The fourth-order valence-electron chi connectivity index (χ4n) is 2.18. The Morgan fingerprint density at radius 3 is 2.70 bits per heavy atom. The molecule has 3 nitrogen and oxygen atoms in total. The van der Waals surface area contributed by atoms with Crippen LogP contribution < -0.4 is 4.74 Å². The third-order valence-electron chi connectivity index (χ3n) is 3.23. The van der Waals surface area contributed by atoms with Crippen molar-refractivity contribution < 1.29 is 4.74 Å². The Bertz CT molecular complexity index is 763. The summed E-state index contributed by atoms with van der Waals surface area (Å²) in [5.41, 5.74) is 2.16. The summed E-state index contributed by atoms with van der Waals surface area (Å²) < 4.78 is 7.22. The van der Waals surface area contributed by atoms with Gasteiger partial charge in [-0.25, -0.2) is 4.98 Å². The van der Waals surface area contributed by atoms with Crippen molar-refractivity contribution in [3.8, 4) is 5.75 Å². The van der Waals surface area contributed by atoms with Crippen molar-refractivity contribution in [3.05, 3.63) is 65.7 Å². The zero-order valence-corrected chi connectivity index (χ0v) is 12.5.